The third kappa shape index (κ3) is 3.07. The zero-order valence-corrected chi connectivity index (χ0v) is 22.7. The van der Waals surface area contributed by atoms with Crippen LogP contribution in [0.3, 0.4) is 0 Å². The molecule has 10 atom stereocenters. The largest absolute Gasteiger partial charge is 0.481 e. The van der Waals surface area contributed by atoms with Crippen molar-refractivity contribution in [3.63, 3.8) is 0 Å². The Labute approximate surface area is 211 Å². The smallest absolute Gasteiger partial charge is 0.310 e. The maximum atomic E-state index is 12.8. The van der Waals surface area contributed by atoms with Gasteiger partial charge in [0, 0.05) is 5.41 Å². The van der Waals surface area contributed by atoms with Gasteiger partial charge in [-0.25, -0.2) is 0 Å². The summed E-state index contributed by atoms with van der Waals surface area (Å²) in [6.07, 6.45) is 8.40. The molecule has 0 aliphatic heterocycles. The molecule has 0 aromatic heterocycles. The Bertz CT molecular complexity index is 941. The van der Waals surface area contributed by atoms with E-state index < -0.39 is 29.0 Å². The van der Waals surface area contributed by atoms with Gasteiger partial charge in [-0.1, -0.05) is 53.2 Å². The molecule has 0 radical (unpaired) electrons. The minimum absolute atomic E-state index is 0.00698. The molecule has 0 heterocycles. The molecule has 3 unspecified atom stereocenters. The summed E-state index contributed by atoms with van der Waals surface area (Å²) in [5.41, 5.74) is -0.0632. The molecule has 0 bridgehead atoms. The molecule has 198 valence electrons. The highest BCUT2D eigenvalue weighted by molar-refractivity contribution is 5.76. The number of carboxylic acid groups (broad SMARTS) is 1. The van der Waals surface area contributed by atoms with E-state index in [-0.39, 0.29) is 40.1 Å². The quantitative estimate of drug-likeness (QED) is 0.402. The summed E-state index contributed by atoms with van der Waals surface area (Å²) in [4.78, 5) is 12.8. The van der Waals surface area contributed by atoms with Gasteiger partial charge in [0.15, 0.2) is 0 Å². The van der Waals surface area contributed by atoms with Crippen LogP contribution in [-0.4, -0.2) is 45.2 Å². The summed E-state index contributed by atoms with van der Waals surface area (Å²) in [7, 11) is 0. The molecular formula is C30H48O5. The molecule has 4 saturated carbocycles. The molecular weight excluding hydrogens is 440 g/mol. The molecule has 0 aromatic rings. The molecule has 0 saturated heterocycles. The lowest BCUT2D eigenvalue weighted by Crippen LogP contribution is -2.68. The third-order valence-corrected chi connectivity index (χ3v) is 13.2. The minimum atomic E-state index is -0.907. The first kappa shape index (κ1) is 25.7. The van der Waals surface area contributed by atoms with E-state index in [0.29, 0.717) is 12.3 Å². The van der Waals surface area contributed by atoms with Crippen LogP contribution in [-0.2, 0) is 4.79 Å². The first-order valence-electron chi connectivity index (χ1n) is 14.0. The molecule has 4 N–H and O–H groups in total. The monoisotopic (exact) mass is 488 g/mol. The Morgan fingerprint density at radius 2 is 1.60 bits per heavy atom. The predicted molar refractivity (Wildman–Crippen MR) is 135 cm³/mol. The van der Waals surface area contributed by atoms with E-state index in [4.69, 9.17) is 0 Å². The summed E-state index contributed by atoms with van der Waals surface area (Å²) < 4.78 is 0. The summed E-state index contributed by atoms with van der Waals surface area (Å²) in [6.45, 7) is 13.6. The number of aliphatic carboxylic acids is 1. The fourth-order valence-electron chi connectivity index (χ4n) is 10.8. The van der Waals surface area contributed by atoms with Gasteiger partial charge in [-0.2, -0.15) is 0 Å². The Hall–Kier alpha value is -0.910. The lowest BCUT2D eigenvalue weighted by Gasteiger charge is -2.71. The van der Waals surface area contributed by atoms with E-state index in [0.717, 1.165) is 51.4 Å². The van der Waals surface area contributed by atoms with Crippen LogP contribution in [0.2, 0.25) is 0 Å². The zero-order chi connectivity index (χ0) is 25.8. The van der Waals surface area contributed by atoms with E-state index in [9.17, 15) is 25.2 Å². The number of hydrogen-bond donors (Lipinski definition) is 4. The third-order valence-electron chi connectivity index (χ3n) is 13.2. The van der Waals surface area contributed by atoms with Crippen LogP contribution in [0.5, 0.6) is 0 Å². The lowest BCUT2D eigenvalue weighted by atomic mass is 9.33. The minimum Gasteiger partial charge on any atom is -0.481 e. The Balaban J connectivity index is 1.61. The second-order valence-corrected chi connectivity index (χ2v) is 15.1. The average Bonchev–Trinajstić information content (AvgIpc) is 2.77. The van der Waals surface area contributed by atoms with Crippen molar-refractivity contribution in [3.05, 3.63) is 11.6 Å². The number of fused-ring (bicyclic) bond motifs is 7. The second-order valence-electron chi connectivity index (χ2n) is 15.1. The molecule has 35 heavy (non-hydrogen) atoms. The number of allylic oxidation sites excluding steroid dienone is 2. The topological polar surface area (TPSA) is 98.0 Å². The van der Waals surface area contributed by atoms with E-state index >= 15 is 0 Å². The number of carbonyl (C=O) groups is 1. The molecule has 0 spiro atoms. The van der Waals surface area contributed by atoms with E-state index in [1.807, 2.05) is 6.92 Å². The zero-order valence-electron chi connectivity index (χ0n) is 22.7. The summed E-state index contributed by atoms with van der Waals surface area (Å²) in [6, 6.07) is 0. The molecule has 0 aromatic carbocycles. The highest BCUT2D eigenvalue weighted by Gasteiger charge is 2.70. The maximum absolute atomic E-state index is 12.8. The Kier molecular flexibility index (Phi) is 5.56. The molecule has 4 fully saturated rings. The van der Waals surface area contributed by atoms with Gasteiger partial charge in [-0.3, -0.25) is 4.79 Å². The normalized spacial score (nSPS) is 55.0. The van der Waals surface area contributed by atoms with Gasteiger partial charge >= 0.3 is 5.97 Å². The van der Waals surface area contributed by atoms with Crippen LogP contribution in [0.15, 0.2) is 11.6 Å². The van der Waals surface area contributed by atoms with E-state index in [1.54, 1.807) is 0 Å². The van der Waals surface area contributed by atoms with Gasteiger partial charge in [0.25, 0.3) is 0 Å². The van der Waals surface area contributed by atoms with Gasteiger partial charge in [-0.15, -0.1) is 0 Å². The summed E-state index contributed by atoms with van der Waals surface area (Å²) in [5.74, 6) is -0.0472. The molecule has 5 rings (SSSR count). The second kappa shape index (κ2) is 7.57. The predicted octanol–water partition coefficient (Wildman–Crippen LogP) is 5.18. The van der Waals surface area contributed by atoms with Crippen molar-refractivity contribution < 1.29 is 25.2 Å². The van der Waals surface area contributed by atoms with E-state index in [1.165, 1.54) is 5.57 Å². The van der Waals surface area contributed by atoms with Gasteiger partial charge in [0.05, 0.1) is 24.2 Å². The fraction of sp³-hybridized carbons (Fsp3) is 0.900. The Morgan fingerprint density at radius 1 is 0.943 bits per heavy atom. The van der Waals surface area contributed by atoms with Gasteiger partial charge in [0.1, 0.15) is 0 Å². The van der Waals surface area contributed by atoms with Crippen LogP contribution < -0.4 is 0 Å². The highest BCUT2D eigenvalue weighted by Crippen LogP contribution is 2.75. The number of hydrogen-bond acceptors (Lipinski definition) is 4. The fourth-order valence-corrected chi connectivity index (χ4v) is 10.8. The summed E-state index contributed by atoms with van der Waals surface area (Å²) in [5, 5.41) is 42.8. The number of aliphatic hydroxyl groups excluding tert-OH is 3. The van der Waals surface area contributed by atoms with Crippen molar-refractivity contribution in [3.8, 4) is 0 Å². The molecule has 5 nitrogen and oxygen atoms in total. The van der Waals surface area contributed by atoms with Crippen molar-refractivity contribution in [2.24, 2.45) is 50.2 Å². The number of carboxylic acids is 1. The first-order valence-corrected chi connectivity index (χ1v) is 14.0. The summed E-state index contributed by atoms with van der Waals surface area (Å²) >= 11 is 0. The SMILES string of the molecule is CC1(C)CC[C@]2(C(=O)O)CC[C@]3(C)C(=CCC4[C@@]5(C)C[C@@H](O)[C@@H](O)[C@@](C)(CO)C5CC[C@]43C)C2C1. The van der Waals surface area contributed by atoms with Crippen molar-refractivity contribution in [2.75, 3.05) is 6.61 Å². The van der Waals surface area contributed by atoms with Gasteiger partial charge in [-0.05, 0) is 97.2 Å². The lowest BCUT2D eigenvalue weighted by molar-refractivity contribution is -0.243. The van der Waals surface area contributed by atoms with Crippen molar-refractivity contribution in [2.45, 2.75) is 112 Å². The van der Waals surface area contributed by atoms with Crippen LogP contribution in [0.4, 0.5) is 0 Å². The molecule has 0 amide bonds. The van der Waals surface area contributed by atoms with Crippen LogP contribution in [0.1, 0.15) is 99.3 Å². The average molecular weight is 489 g/mol. The Morgan fingerprint density at radius 3 is 2.23 bits per heavy atom. The van der Waals surface area contributed by atoms with Crippen molar-refractivity contribution >= 4 is 5.97 Å². The first-order chi connectivity index (χ1) is 16.1. The number of aliphatic hydroxyl groups is 3. The highest BCUT2D eigenvalue weighted by atomic mass is 16.4. The van der Waals surface area contributed by atoms with Gasteiger partial charge in [0.2, 0.25) is 0 Å². The van der Waals surface area contributed by atoms with E-state index in [2.05, 4.69) is 40.7 Å². The molecule has 5 aliphatic rings. The molecule has 5 aliphatic carbocycles. The standard InChI is InChI=1S/C30H48O5/c1-25(2)11-13-30(24(34)35)14-12-28(5)18(19(30)15-25)7-8-22-26(3)16-20(32)23(33)27(4,17-31)21(26)9-10-29(22,28)6/h7,19-23,31-33H,8-17H2,1-6H3,(H,34,35)/t19?,20-,21?,22?,23-,26+,27+,28-,29-,30+/m1/s1. The van der Waals surface area contributed by atoms with Crippen molar-refractivity contribution in [1.82, 2.24) is 0 Å². The van der Waals surface area contributed by atoms with Crippen LogP contribution >= 0.6 is 0 Å². The maximum Gasteiger partial charge on any atom is 0.310 e. The van der Waals surface area contributed by atoms with Crippen LogP contribution in [0.25, 0.3) is 0 Å². The molecule has 5 heteroatoms. The number of rotatable bonds is 2. The van der Waals surface area contributed by atoms with Gasteiger partial charge < -0.3 is 20.4 Å². The van der Waals surface area contributed by atoms with Crippen LogP contribution in [0, 0.1) is 50.2 Å². The van der Waals surface area contributed by atoms with Crippen molar-refractivity contribution in [1.29, 1.82) is 0 Å².